The number of sulfone groups is 1. The van der Waals surface area contributed by atoms with E-state index in [0.29, 0.717) is 16.9 Å². The largest absolute Gasteiger partial charge is 0.453 e. The lowest BCUT2D eigenvalue weighted by Crippen LogP contribution is -2.16. The van der Waals surface area contributed by atoms with Crippen LogP contribution in [0.5, 0.6) is 0 Å². The summed E-state index contributed by atoms with van der Waals surface area (Å²) in [6.07, 6.45) is 7.33. The Hall–Kier alpha value is -1.93. The highest BCUT2D eigenvalue weighted by Crippen LogP contribution is 2.30. The number of fused-ring (bicyclic) bond motifs is 1. The average Bonchev–Trinajstić information content (AvgIpc) is 3.34. The minimum Gasteiger partial charge on any atom is -0.453 e. The van der Waals surface area contributed by atoms with Crippen LogP contribution in [-0.4, -0.2) is 42.9 Å². The predicted molar refractivity (Wildman–Crippen MR) is 121 cm³/mol. The van der Waals surface area contributed by atoms with Crippen molar-refractivity contribution in [3.05, 3.63) is 44.4 Å². The topological polar surface area (TPSA) is 82.4 Å². The van der Waals surface area contributed by atoms with Gasteiger partial charge in [0.25, 0.3) is 0 Å². The monoisotopic (exact) mass is 463 g/mol. The van der Waals surface area contributed by atoms with Crippen LogP contribution in [0.3, 0.4) is 0 Å². The van der Waals surface area contributed by atoms with E-state index in [-0.39, 0.29) is 29.9 Å². The second-order valence-electron chi connectivity index (χ2n) is 8.68. The summed E-state index contributed by atoms with van der Waals surface area (Å²) in [7, 11) is -3.02. The van der Waals surface area contributed by atoms with Gasteiger partial charge in [-0.2, -0.15) is 0 Å². The van der Waals surface area contributed by atoms with Crippen molar-refractivity contribution in [3.63, 3.8) is 0 Å². The number of aryl methyl sites for hydroxylation is 3. The summed E-state index contributed by atoms with van der Waals surface area (Å²) in [5.41, 5.74) is 3.33. The number of Topliss-reactive ketones (excluding diaryl/α,β-unsaturated/α-hetero) is 1. The Bertz CT molecular complexity index is 1080. The molecule has 2 aromatic rings. The molecular weight excluding hydrogens is 434 g/mol. The number of hydrogen-bond acceptors (Lipinski definition) is 6. The molecule has 0 unspecified atom stereocenters. The Balaban J connectivity index is 1.43. The number of carbonyl (C=O) groups is 2. The van der Waals surface area contributed by atoms with Gasteiger partial charge in [0.1, 0.15) is 4.88 Å². The fraction of sp³-hybridized carbons (Fsp3) is 0.565. The molecule has 1 aliphatic carbocycles. The smallest absolute Gasteiger partial charge is 0.348 e. The number of rotatable bonds is 5. The number of nitrogens with zero attached hydrogens (tertiary/aromatic N) is 1. The number of esters is 1. The molecule has 1 atom stereocenters. The summed E-state index contributed by atoms with van der Waals surface area (Å²) in [4.78, 5) is 27.2. The Morgan fingerprint density at radius 3 is 2.58 bits per heavy atom. The minimum absolute atomic E-state index is 0.106. The fourth-order valence-corrected chi connectivity index (χ4v) is 7.67. The van der Waals surface area contributed by atoms with E-state index in [9.17, 15) is 18.0 Å². The molecule has 0 bridgehead atoms. The number of ketones is 1. The quantitative estimate of drug-likeness (QED) is 0.490. The van der Waals surface area contributed by atoms with Crippen molar-refractivity contribution < 1.29 is 22.7 Å². The summed E-state index contributed by atoms with van der Waals surface area (Å²) in [5, 5.41) is 0. The Morgan fingerprint density at radius 2 is 1.87 bits per heavy atom. The lowest BCUT2D eigenvalue weighted by atomic mass is 10.00. The van der Waals surface area contributed by atoms with Crippen molar-refractivity contribution in [3.8, 4) is 0 Å². The second-order valence-corrected chi connectivity index (χ2v) is 12.0. The van der Waals surface area contributed by atoms with Crippen LogP contribution < -0.4 is 0 Å². The van der Waals surface area contributed by atoms with Crippen molar-refractivity contribution in [2.45, 2.75) is 64.8 Å². The van der Waals surface area contributed by atoms with Gasteiger partial charge in [-0.25, -0.2) is 13.2 Å². The number of carbonyl (C=O) groups excluding carboxylic acids is 2. The van der Waals surface area contributed by atoms with E-state index in [2.05, 4.69) is 0 Å². The molecule has 31 heavy (non-hydrogen) atoms. The van der Waals surface area contributed by atoms with Crippen molar-refractivity contribution in [2.75, 3.05) is 18.1 Å². The number of thiophene rings is 1. The van der Waals surface area contributed by atoms with Gasteiger partial charge in [0.2, 0.25) is 5.78 Å². The highest BCUT2D eigenvalue weighted by molar-refractivity contribution is 7.91. The Morgan fingerprint density at radius 1 is 1.13 bits per heavy atom. The van der Waals surface area contributed by atoms with E-state index in [4.69, 9.17) is 4.74 Å². The van der Waals surface area contributed by atoms with Crippen LogP contribution in [0.2, 0.25) is 0 Å². The molecule has 1 aliphatic heterocycles. The van der Waals surface area contributed by atoms with Crippen LogP contribution in [0.15, 0.2) is 12.1 Å². The van der Waals surface area contributed by atoms with Gasteiger partial charge in [-0.15, -0.1) is 11.3 Å². The molecular formula is C23H29NO5S2. The maximum absolute atomic E-state index is 12.8. The third-order valence-corrected chi connectivity index (χ3v) is 9.36. The predicted octanol–water partition coefficient (Wildman–Crippen LogP) is 4.22. The van der Waals surface area contributed by atoms with Crippen molar-refractivity contribution in [1.82, 2.24) is 4.57 Å². The summed E-state index contributed by atoms with van der Waals surface area (Å²) in [5.74, 6) is -0.417. The van der Waals surface area contributed by atoms with Gasteiger partial charge in [-0.3, -0.25) is 4.79 Å². The van der Waals surface area contributed by atoms with Crippen LogP contribution in [0.25, 0.3) is 0 Å². The van der Waals surface area contributed by atoms with Crippen LogP contribution in [0, 0.1) is 13.8 Å². The lowest BCUT2D eigenvalue weighted by Gasteiger charge is -2.16. The number of aromatic nitrogens is 1. The summed E-state index contributed by atoms with van der Waals surface area (Å²) >= 11 is 1.49. The normalized spacial score (nSPS) is 20.6. The third-order valence-electron chi connectivity index (χ3n) is 6.39. The number of hydrogen-bond donors (Lipinski definition) is 0. The van der Waals surface area contributed by atoms with E-state index in [1.165, 1.54) is 34.6 Å². The fourth-order valence-electron chi connectivity index (χ4n) is 4.83. The highest BCUT2D eigenvalue weighted by atomic mass is 32.2. The summed E-state index contributed by atoms with van der Waals surface area (Å²) < 4.78 is 31.0. The first kappa shape index (κ1) is 22.3. The van der Waals surface area contributed by atoms with Crippen LogP contribution >= 0.6 is 11.3 Å². The number of ether oxygens (including phenoxy) is 1. The maximum Gasteiger partial charge on any atom is 0.348 e. The molecule has 0 radical (unpaired) electrons. The minimum atomic E-state index is -3.02. The van der Waals surface area contributed by atoms with Gasteiger partial charge in [0.15, 0.2) is 16.4 Å². The summed E-state index contributed by atoms with van der Waals surface area (Å²) in [6.45, 7) is 3.39. The van der Waals surface area contributed by atoms with Crippen LogP contribution in [-0.2, 0) is 27.4 Å². The molecule has 2 aromatic heterocycles. The highest BCUT2D eigenvalue weighted by Gasteiger charge is 2.32. The molecule has 0 saturated carbocycles. The molecule has 0 N–H and O–H groups in total. The van der Waals surface area contributed by atoms with Gasteiger partial charge in [-0.1, -0.05) is 12.8 Å². The van der Waals surface area contributed by atoms with Gasteiger partial charge in [-0.05, 0) is 63.6 Å². The molecule has 2 aliphatic rings. The molecule has 3 heterocycles. The van der Waals surface area contributed by atoms with Gasteiger partial charge >= 0.3 is 5.97 Å². The van der Waals surface area contributed by atoms with E-state index >= 15 is 0 Å². The van der Waals surface area contributed by atoms with E-state index < -0.39 is 15.8 Å². The van der Waals surface area contributed by atoms with E-state index in [1.807, 2.05) is 24.5 Å². The molecule has 168 valence electrons. The first-order valence-electron chi connectivity index (χ1n) is 11.0. The van der Waals surface area contributed by atoms with Gasteiger partial charge < -0.3 is 9.30 Å². The molecule has 6 nitrogen and oxygen atoms in total. The standard InChI is InChI=1S/C23H29NO5S2/c1-15-11-19(16(2)24(15)18-9-10-31(27,28)14-18)20(25)13-29-23(26)22-12-17-7-5-3-4-6-8-21(17)30-22/h11-12,18H,3-10,13-14H2,1-2H3/t18-/m1/s1. The molecule has 1 fully saturated rings. The van der Waals surface area contributed by atoms with E-state index in [0.717, 1.165) is 37.1 Å². The van der Waals surface area contributed by atoms with Crippen molar-refractivity contribution in [1.29, 1.82) is 0 Å². The van der Waals surface area contributed by atoms with Crippen molar-refractivity contribution >= 4 is 32.9 Å². The molecule has 4 rings (SSSR count). The SMILES string of the molecule is Cc1cc(C(=O)COC(=O)c2cc3c(s2)CCCCCC3)c(C)n1[C@@H]1CCS(=O)(=O)C1. The maximum atomic E-state index is 12.8. The first-order chi connectivity index (χ1) is 14.7. The second kappa shape index (κ2) is 8.90. The zero-order chi connectivity index (χ0) is 22.2. The zero-order valence-corrected chi connectivity index (χ0v) is 19.7. The third kappa shape index (κ3) is 4.80. The molecule has 0 spiro atoms. The first-order valence-corrected chi connectivity index (χ1v) is 13.6. The molecule has 8 heteroatoms. The van der Waals surface area contributed by atoms with Crippen LogP contribution in [0.4, 0.5) is 0 Å². The zero-order valence-electron chi connectivity index (χ0n) is 18.1. The summed E-state index contributed by atoms with van der Waals surface area (Å²) in [6, 6.07) is 3.57. The van der Waals surface area contributed by atoms with Crippen molar-refractivity contribution in [2.24, 2.45) is 0 Å². The molecule has 0 amide bonds. The van der Waals surface area contributed by atoms with Gasteiger partial charge in [0, 0.05) is 27.9 Å². The Labute approximate surface area is 187 Å². The molecule has 1 saturated heterocycles. The lowest BCUT2D eigenvalue weighted by molar-refractivity contribution is 0.0479. The average molecular weight is 464 g/mol. The van der Waals surface area contributed by atoms with Gasteiger partial charge in [0.05, 0.1) is 11.5 Å². The Kier molecular flexibility index (Phi) is 6.40. The van der Waals surface area contributed by atoms with Crippen LogP contribution in [0.1, 0.15) is 80.0 Å². The van der Waals surface area contributed by atoms with E-state index in [1.54, 1.807) is 6.07 Å². The molecule has 0 aromatic carbocycles.